The third kappa shape index (κ3) is 9.84. The van der Waals surface area contributed by atoms with Gasteiger partial charge in [-0.2, -0.15) is 0 Å². The van der Waals surface area contributed by atoms with Crippen LogP contribution < -0.4 is 5.32 Å². The molecular weight excluding hydrogens is 162 g/mol. The van der Waals surface area contributed by atoms with Gasteiger partial charge < -0.3 is 10.1 Å². The van der Waals surface area contributed by atoms with E-state index in [1.807, 2.05) is 0 Å². The summed E-state index contributed by atoms with van der Waals surface area (Å²) in [7, 11) is 1.74. The summed E-state index contributed by atoms with van der Waals surface area (Å²) in [6, 6.07) is 0.633. The summed E-state index contributed by atoms with van der Waals surface area (Å²) in [5, 5.41) is 3.43. The second kappa shape index (κ2) is 8.52. The zero-order valence-electron chi connectivity index (χ0n) is 9.60. The minimum absolute atomic E-state index is 0.633. The molecule has 0 radical (unpaired) electrons. The van der Waals surface area contributed by atoms with Gasteiger partial charge in [0.05, 0.1) is 6.61 Å². The van der Waals surface area contributed by atoms with Crippen molar-refractivity contribution in [1.29, 1.82) is 0 Å². The van der Waals surface area contributed by atoms with E-state index in [9.17, 15) is 0 Å². The molecule has 0 bridgehead atoms. The Hall–Kier alpha value is -0.0800. The number of hydrogen-bond donors (Lipinski definition) is 1. The van der Waals surface area contributed by atoms with Crippen molar-refractivity contribution in [2.24, 2.45) is 5.92 Å². The molecule has 0 aromatic heterocycles. The Balaban J connectivity index is 3.15. The molecule has 0 saturated carbocycles. The predicted molar refractivity (Wildman–Crippen MR) is 58.0 cm³/mol. The van der Waals surface area contributed by atoms with E-state index < -0.39 is 0 Å². The van der Waals surface area contributed by atoms with Gasteiger partial charge in [-0.25, -0.2) is 0 Å². The van der Waals surface area contributed by atoms with Gasteiger partial charge in [0, 0.05) is 19.7 Å². The Morgan fingerprint density at radius 1 is 1.15 bits per heavy atom. The second-order valence-electron chi connectivity index (χ2n) is 4.17. The molecule has 0 aromatic carbocycles. The van der Waals surface area contributed by atoms with Gasteiger partial charge in [-0.05, 0) is 19.3 Å². The predicted octanol–water partition coefficient (Wildman–Crippen LogP) is 2.44. The van der Waals surface area contributed by atoms with Gasteiger partial charge in [0.1, 0.15) is 0 Å². The number of hydrogen-bond acceptors (Lipinski definition) is 2. The van der Waals surface area contributed by atoms with Crippen LogP contribution in [0.4, 0.5) is 0 Å². The fourth-order valence-electron chi connectivity index (χ4n) is 1.34. The first-order valence-corrected chi connectivity index (χ1v) is 5.39. The fourth-order valence-corrected chi connectivity index (χ4v) is 1.34. The average molecular weight is 187 g/mol. The summed E-state index contributed by atoms with van der Waals surface area (Å²) < 4.78 is 4.97. The molecule has 0 saturated heterocycles. The highest BCUT2D eigenvalue weighted by atomic mass is 16.5. The van der Waals surface area contributed by atoms with Crippen LogP contribution in [0.25, 0.3) is 0 Å². The number of ether oxygens (including phenoxy) is 1. The fraction of sp³-hybridized carbons (Fsp3) is 1.00. The van der Waals surface area contributed by atoms with Crippen LogP contribution in [-0.2, 0) is 4.74 Å². The van der Waals surface area contributed by atoms with Crippen LogP contribution >= 0.6 is 0 Å². The molecule has 0 heterocycles. The highest BCUT2D eigenvalue weighted by molar-refractivity contribution is 4.60. The van der Waals surface area contributed by atoms with Crippen LogP contribution in [0.3, 0.4) is 0 Å². The first-order chi connectivity index (χ1) is 6.16. The molecule has 13 heavy (non-hydrogen) atoms. The van der Waals surface area contributed by atoms with Crippen LogP contribution in [-0.4, -0.2) is 26.3 Å². The largest absolute Gasteiger partial charge is 0.383 e. The molecule has 80 valence electrons. The molecule has 0 aromatic rings. The first-order valence-electron chi connectivity index (χ1n) is 5.39. The normalized spacial score (nSPS) is 13.6. The van der Waals surface area contributed by atoms with E-state index in [1.165, 1.54) is 19.3 Å². The first kappa shape index (κ1) is 12.9. The van der Waals surface area contributed by atoms with Crippen molar-refractivity contribution < 1.29 is 4.74 Å². The minimum atomic E-state index is 0.633. The highest BCUT2D eigenvalue weighted by Crippen LogP contribution is 2.07. The van der Waals surface area contributed by atoms with Crippen LogP contribution in [0, 0.1) is 5.92 Å². The van der Waals surface area contributed by atoms with Crippen molar-refractivity contribution >= 4 is 0 Å². The van der Waals surface area contributed by atoms with Gasteiger partial charge in [-0.1, -0.05) is 26.7 Å². The van der Waals surface area contributed by atoms with Crippen molar-refractivity contribution in [3.8, 4) is 0 Å². The molecule has 0 fully saturated rings. The van der Waals surface area contributed by atoms with Crippen molar-refractivity contribution in [1.82, 2.24) is 5.32 Å². The van der Waals surface area contributed by atoms with E-state index >= 15 is 0 Å². The Labute approximate surface area is 83.1 Å². The summed E-state index contributed by atoms with van der Waals surface area (Å²) in [5.41, 5.74) is 0. The monoisotopic (exact) mass is 187 g/mol. The molecule has 1 unspecified atom stereocenters. The van der Waals surface area contributed by atoms with Crippen molar-refractivity contribution in [2.75, 3.05) is 20.3 Å². The zero-order valence-corrected chi connectivity index (χ0v) is 9.60. The Bertz CT molecular complexity index is 104. The van der Waals surface area contributed by atoms with E-state index in [-0.39, 0.29) is 0 Å². The lowest BCUT2D eigenvalue weighted by Gasteiger charge is -2.13. The summed E-state index contributed by atoms with van der Waals surface area (Å²) in [6.45, 7) is 8.59. The molecule has 1 atom stereocenters. The van der Waals surface area contributed by atoms with E-state index in [0.29, 0.717) is 6.04 Å². The summed E-state index contributed by atoms with van der Waals surface area (Å²) >= 11 is 0. The van der Waals surface area contributed by atoms with Crippen molar-refractivity contribution in [3.05, 3.63) is 0 Å². The van der Waals surface area contributed by atoms with E-state index in [4.69, 9.17) is 4.74 Å². The van der Waals surface area contributed by atoms with Gasteiger partial charge in [-0.15, -0.1) is 0 Å². The lowest BCUT2D eigenvalue weighted by atomic mass is 10.0. The van der Waals surface area contributed by atoms with E-state index in [2.05, 4.69) is 26.1 Å². The maximum Gasteiger partial charge on any atom is 0.0587 e. The summed E-state index contributed by atoms with van der Waals surface area (Å²) in [4.78, 5) is 0. The molecular formula is C11H25NO. The molecule has 0 aliphatic rings. The summed E-state index contributed by atoms with van der Waals surface area (Å²) in [6.07, 6.45) is 3.96. The molecule has 2 heteroatoms. The third-order valence-electron chi connectivity index (χ3n) is 2.22. The number of methoxy groups -OCH3 is 1. The van der Waals surface area contributed by atoms with Crippen LogP contribution in [0.15, 0.2) is 0 Å². The molecule has 0 rings (SSSR count). The third-order valence-corrected chi connectivity index (χ3v) is 2.22. The van der Waals surface area contributed by atoms with E-state index in [0.717, 1.165) is 19.1 Å². The topological polar surface area (TPSA) is 21.3 Å². The Morgan fingerprint density at radius 3 is 2.38 bits per heavy atom. The Kier molecular flexibility index (Phi) is 8.46. The minimum Gasteiger partial charge on any atom is -0.383 e. The Morgan fingerprint density at radius 2 is 1.85 bits per heavy atom. The van der Waals surface area contributed by atoms with Gasteiger partial charge in [0.2, 0.25) is 0 Å². The van der Waals surface area contributed by atoms with Gasteiger partial charge >= 0.3 is 0 Å². The van der Waals surface area contributed by atoms with Crippen molar-refractivity contribution in [2.45, 2.75) is 46.1 Å². The highest BCUT2D eigenvalue weighted by Gasteiger charge is 2.01. The molecule has 2 nitrogen and oxygen atoms in total. The summed E-state index contributed by atoms with van der Waals surface area (Å²) in [5.74, 6) is 0.839. The van der Waals surface area contributed by atoms with Crippen molar-refractivity contribution in [3.63, 3.8) is 0 Å². The molecule has 0 spiro atoms. The standard InChI is InChI=1S/C11H25NO/c1-10(2)6-5-7-11(3)12-8-9-13-4/h10-12H,5-9H2,1-4H3. The van der Waals surface area contributed by atoms with Crippen LogP contribution in [0.1, 0.15) is 40.0 Å². The van der Waals surface area contributed by atoms with E-state index in [1.54, 1.807) is 7.11 Å². The lowest BCUT2D eigenvalue weighted by molar-refractivity contribution is 0.195. The van der Waals surface area contributed by atoms with Gasteiger partial charge in [0.25, 0.3) is 0 Å². The maximum atomic E-state index is 4.97. The number of rotatable bonds is 8. The lowest BCUT2D eigenvalue weighted by Crippen LogP contribution is -2.29. The molecule has 1 N–H and O–H groups in total. The van der Waals surface area contributed by atoms with Gasteiger partial charge in [-0.3, -0.25) is 0 Å². The van der Waals surface area contributed by atoms with Crippen LogP contribution in [0.5, 0.6) is 0 Å². The molecule has 0 aliphatic carbocycles. The molecule has 0 amide bonds. The maximum absolute atomic E-state index is 4.97. The SMILES string of the molecule is COCCNC(C)CCCC(C)C. The molecule has 0 aliphatic heterocycles. The van der Waals surface area contributed by atoms with Crippen LogP contribution in [0.2, 0.25) is 0 Å². The smallest absolute Gasteiger partial charge is 0.0587 e. The quantitative estimate of drug-likeness (QED) is 0.589. The second-order valence-corrected chi connectivity index (χ2v) is 4.17. The number of nitrogens with one attached hydrogen (secondary N) is 1. The zero-order chi connectivity index (χ0) is 10.1. The average Bonchev–Trinajstić information content (AvgIpc) is 2.04. The van der Waals surface area contributed by atoms with Gasteiger partial charge in [0.15, 0.2) is 0 Å².